The first-order valence-corrected chi connectivity index (χ1v) is 11.7. The van der Waals surface area contributed by atoms with Crippen molar-refractivity contribution in [2.24, 2.45) is 10.9 Å². The average molecular weight is 558 g/mol. The lowest BCUT2D eigenvalue weighted by molar-refractivity contribution is -0.134. The molecular weight excluding hydrogens is 517 g/mol. The van der Waals surface area contributed by atoms with E-state index in [0.29, 0.717) is 12.5 Å². The van der Waals surface area contributed by atoms with E-state index in [1.165, 1.54) is 18.4 Å². The standard InChI is InChI=1S/C24H39N5O2.HI/c1-5-25-24(26-16-22(28(2)3)19-11-8-12-21(15-19)31-4)27-20-13-14-29(17-20)23(30)18-9-6-7-10-18;/h8,11-12,15,18,20,22H,5-7,9-10,13-14,16-17H2,1-4H3,(H2,25,26,27);1H. The van der Waals surface area contributed by atoms with Gasteiger partial charge in [-0.2, -0.15) is 0 Å². The minimum absolute atomic E-state index is 0. The van der Waals surface area contributed by atoms with Crippen LogP contribution in [0.1, 0.15) is 50.6 Å². The molecule has 2 N–H and O–H groups in total. The highest BCUT2D eigenvalue weighted by molar-refractivity contribution is 14.0. The first kappa shape index (κ1) is 26.7. The third-order valence-electron chi connectivity index (χ3n) is 6.41. The number of benzene rings is 1. The predicted molar refractivity (Wildman–Crippen MR) is 141 cm³/mol. The minimum atomic E-state index is 0. The first-order chi connectivity index (χ1) is 15.0. The molecule has 0 radical (unpaired) electrons. The number of nitrogens with zero attached hydrogens (tertiary/aromatic N) is 3. The molecule has 1 aliphatic carbocycles. The van der Waals surface area contributed by atoms with Crippen LogP contribution in [-0.4, -0.2) is 75.1 Å². The summed E-state index contributed by atoms with van der Waals surface area (Å²) >= 11 is 0. The lowest BCUT2D eigenvalue weighted by atomic mass is 10.1. The molecule has 7 nitrogen and oxygen atoms in total. The Labute approximate surface area is 210 Å². The summed E-state index contributed by atoms with van der Waals surface area (Å²) < 4.78 is 5.39. The summed E-state index contributed by atoms with van der Waals surface area (Å²) in [6.07, 6.45) is 5.49. The second kappa shape index (κ2) is 13.2. The van der Waals surface area contributed by atoms with Gasteiger partial charge < -0.3 is 25.2 Å². The molecule has 1 heterocycles. The van der Waals surface area contributed by atoms with Gasteiger partial charge in [0.15, 0.2) is 5.96 Å². The maximum absolute atomic E-state index is 12.7. The molecule has 180 valence electrons. The summed E-state index contributed by atoms with van der Waals surface area (Å²) in [5.74, 6) is 2.28. The van der Waals surface area contributed by atoms with Gasteiger partial charge in [0.25, 0.3) is 0 Å². The van der Waals surface area contributed by atoms with Crippen LogP contribution in [-0.2, 0) is 4.79 Å². The molecule has 2 atom stereocenters. The molecule has 0 bridgehead atoms. The minimum Gasteiger partial charge on any atom is -0.497 e. The van der Waals surface area contributed by atoms with Crippen LogP contribution in [0.15, 0.2) is 29.3 Å². The summed E-state index contributed by atoms with van der Waals surface area (Å²) in [6, 6.07) is 8.57. The topological polar surface area (TPSA) is 69.2 Å². The number of ether oxygens (including phenoxy) is 1. The Hall–Kier alpha value is -1.55. The summed E-state index contributed by atoms with van der Waals surface area (Å²) in [7, 11) is 5.84. The van der Waals surface area contributed by atoms with Gasteiger partial charge >= 0.3 is 0 Å². The fraction of sp³-hybridized carbons (Fsp3) is 0.667. The third kappa shape index (κ3) is 7.23. The Kier molecular flexibility index (Phi) is 11.0. The zero-order chi connectivity index (χ0) is 22.2. The van der Waals surface area contributed by atoms with Crippen LogP contribution in [0, 0.1) is 5.92 Å². The van der Waals surface area contributed by atoms with Crippen molar-refractivity contribution in [2.75, 3.05) is 47.4 Å². The van der Waals surface area contributed by atoms with Gasteiger partial charge in [0.1, 0.15) is 5.75 Å². The number of likely N-dealkylation sites (tertiary alicyclic amines) is 1. The van der Waals surface area contributed by atoms with Crippen LogP contribution in [0.25, 0.3) is 0 Å². The third-order valence-corrected chi connectivity index (χ3v) is 6.41. The van der Waals surface area contributed by atoms with Crippen molar-refractivity contribution in [3.63, 3.8) is 0 Å². The molecule has 1 aliphatic heterocycles. The van der Waals surface area contributed by atoms with Crippen LogP contribution in [0.4, 0.5) is 0 Å². The van der Waals surface area contributed by atoms with E-state index in [1.54, 1.807) is 7.11 Å². The SMILES string of the molecule is CCNC(=NCC(c1cccc(OC)c1)N(C)C)NC1CCN(C(=O)C2CCCC2)C1.I. The van der Waals surface area contributed by atoms with Crippen LogP contribution < -0.4 is 15.4 Å². The van der Waals surface area contributed by atoms with E-state index in [0.717, 1.165) is 50.6 Å². The van der Waals surface area contributed by atoms with E-state index in [1.807, 2.05) is 12.1 Å². The molecule has 1 saturated carbocycles. The number of halogens is 1. The van der Waals surface area contributed by atoms with Crippen molar-refractivity contribution in [1.82, 2.24) is 20.4 Å². The molecule has 2 aliphatic rings. The average Bonchev–Trinajstić information content (AvgIpc) is 3.46. The van der Waals surface area contributed by atoms with E-state index in [2.05, 4.69) is 53.6 Å². The van der Waals surface area contributed by atoms with Crippen molar-refractivity contribution in [3.8, 4) is 5.75 Å². The number of guanidine groups is 1. The molecule has 2 fully saturated rings. The van der Waals surface area contributed by atoms with Gasteiger partial charge in [-0.1, -0.05) is 25.0 Å². The van der Waals surface area contributed by atoms with Gasteiger partial charge in [0, 0.05) is 31.6 Å². The summed E-state index contributed by atoms with van der Waals surface area (Å²) in [5, 5.41) is 6.93. The normalized spacial score (nSPS) is 20.2. The van der Waals surface area contributed by atoms with Crippen LogP contribution >= 0.6 is 24.0 Å². The molecule has 0 spiro atoms. The lowest BCUT2D eigenvalue weighted by Crippen LogP contribution is -2.45. The van der Waals surface area contributed by atoms with Crippen molar-refractivity contribution in [3.05, 3.63) is 29.8 Å². The van der Waals surface area contributed by atoms with E-state index in [-0.39, 0.29) is 42.0 Å². The Morgan fingerprint density at radius 1 is 1.28 bits per heavy atom. The fourth-order valence-electron chi connectivity index (χ4n) is 4.62. The highest BCUT2D eigenvalue weighted by Crippen LogP contribution is 2.28. The summed E-state index contributed by atoms with van der Waals surface area (Å²) in [4.78, 5) is 21.9. The number of hydrogen-bond acceptors (Lipinski definition) is 4. The van der Waals surface area contributed by atoms with Crippen molar-refractivity contribution in [2.45, 2.75) is 51.1 Å². The second-order valence-electron chi connectivity index (χ2n) is 8.87. The second-order valence-corrected chi connectivity index (χ2v) is 8.87. The molecule has 2 unspecified atom stereocenters. The predicted octanol–water partition coefficient (Wildman–Crippen LogP) is 3.26. The quantitative estimate of drug-likeness (QED) is 0.292. The number of likely N-dealkylation sites (N-methyl/N-ethyl adjacent to an activating group) is 1. The van der Waals surface area contributed by atoms with Crippen LogP contribution in [0.3, 0.4) is 0 Å². The monoisotopic (exact) mass is 557 g/mol. The maximum atomic E-state index is 12.7. The van der Waals surface area contributed by atoms with Crippen LogP contribution in [0.2, 0.25) is 0 Å². The number of rotatable bonds is 8. The van der Waals surface area contributed by atoms with E-state index in [4.69, 9.17) is 9.73 Å². The number of hydrogen-bond donors (Lipinski definition) is 2. The summed E-state index contributed by atoms with van der Waals surface area (Å²) in [5.41, 5.74) is 1.18. The van der Waals surface area contributed by atoms with Gasteiger partial charge in [-0.3, -0.25) is 9.79 Å². The Bertz CT molecular complexity index is 752. The Morgan fingerprint density at radius 2 is 2.03 bits per heavy atom. The van der Waals surface area contributed by atoms with Crippen molar-refractivity contribution >= 4 is 35.8 Å². The first-order valence-electron chi connectivity index (χ1n) is 11.7. The Balaban J connectivity index is 0.00000363. The molecule has 1 saturated heterocycles. The van der Waals surface area contributed by atoms with Gasteiger partial charge in [0.2, 0.25) is 5.91 Å². The zero-order valence-electron chi connectivity index (χ0n) is 20.0. The number of amides is 1. The highest BCUT2D eigenvalue weighted by atomic mass is 127. The molecular formula is C24H40IN5O2. The van der Waals surface area contributed by atoms with Gasteiger partial charge in [-0.15, -0.1) is 24.0 Å². The van der Waals surface area contributed by atoms with Gasteiger partial charge in [0.05, 0.1) is 19.7 Å². The largest absolute Gasteiger partial charge is 0.497 e. The molecule has 1 aromatic rings. The van der Waals surface area contributed by atoms with Crippen molar-refractivity contribution < 1.29 is 9.53 Å². The fourth-order valence-corrected chi connectivity index (χ4v) is 4.62. The maximum Gasteiger partial charge on any atom is 0.225 e. The van der Waals surface area contributed by atoms with Crippen molar-refractivity contribution in [1.29, 1.82) is 0 Å². The summed E-state index contributed by atoms with van der Waals surface area (Å²) in [6.45, 7) is 5.12. The van der Waals surface area contributed by atoms with E-state index in [9.17, 15) is 4.79 Å². The molecule has 32 heavy (non-hydrogen) atoms. The number of methoxy groups -OCH3 is 1. The Morgan fingerprint density at radius 3 is 2.69 bits per heavy atom. The molecule has 8 heteroatoms. The highest BCUT2D eigenvalue weighted by Gasteiger charge is 2.32. The van der Waals surface area contributed by atoms with Gasteiger partial charge in [-0.05, 0) is 58.0 Å². The molecule has 1 aromatic carbocycles. The number of carbonyl (C=O) groups is 1. The smallest absolute Gasteiger partial charge is 0.225 e. The van der Waals surface area contributed by atoms with E-state index >= 15 is 0 Å². The molecule has 0 aromatic heterocycles. The van der Waals surface area contributed by atoms with E-state index < -0.39 is 0 Å². The van der Waals surface area contributed by atoms with Crippen LogP contribution in [0.5, 0.6) is 5.75 Å². The number of carbonyl (C=O) groups excluding carboxylic acids is 1. The lowest BCUT2D eigenvalue weighted by Gasteiger charge is -2.25. The number of aliphatic imine (C=N–C) groups is 1. The zero-order valence-corrected chi connectivity index (χ0v) is 22.3. The van der Waals surface area contributed by atoms with Gasteiger partial charge in [-0.25, -0.2) is 0 Å². The number of nitrogens with one attached hydrogen (secondary N) is 2. The molecule has 3 rings (SSSR count). The molecule has 1 amide bonds.